The van der Waals surface area contributed by atoms with E-state index in [1.165, 1.54) is 18.4 Å². The van der Waals surface area contributed by atoms with E-state index in [2.05, 4.69) is 10.7 Å². The number of aliphatic hydroxyl groups excluding tert-OH is 2. The van der Waals surface area contributed by atoms with Gasteiger partial charge in [0.2, 0.25) is 27.7 Å². The Kier molecular flexibility index (Phi) is 16.6. The van der Waals surface area contributed by atoms with E-state index < -0.39 is 39.3 Å². The number of amides is 3. The third-order valence-corrected chi connectivity index (χ3v) is 13.1. The van der Waals surface area contributed by atoms with Gasteiger partial charge in [-0.05, 0) is 83.0 Å². The van der Waals surface area contributed by atoms with Crippen LogP contribution in [0.25, 0.3) is 0 Å². The first-order valence-electron chi connectivity index (χ1n) is 18.7. The molecule has 0 aromatic carbocycles. The molecule has 3 amide bonds. The molecule has 0 radical (unpaired) electrons. The molecule has 5 atom stereocenters. The van der Waals surface area contributed by atoms with Crippen LogP contribution in [0.15, 0.2) is 0 Å². The number of carbonyl (C=O) groups is 3. The molecule has 48 heavy (non-hydrogen) atoms. The van der Waals surface area contributed by atoms with Crippen LogP contribution in [0.1, 0.15) is 117 Å². The Labute approximate surface area is 289 Å². The number of hydrazine groups is 1. The Bertz CT molecular complexity index is 1120. The average molecular weight is 700 g/mol. The van der Waals surface area contributed by atoms with Crippen molar-refractivity contribution in [3.8, 4) is 0 Å². The largest absolute Gasteiger partial charge is 0.393 e. The molecule has 0 aromatic heterocycles. The normalized spacial score (nSPS) is 27.0. The van der Waals surface area contributed by atoms with E-state index in [1.54, 1.807) is 9.91 Å². The topological polar surface area (TPSA) is 160 Å². The highest BCUT2D eigenvalue weighted by Gasteiger charge is 2.44. The van der Waals surface area contributed by atoms with Gasteiger partial charge in [0.05, 0.1) is 23.5 Å². The highest BCUT2D eigenvalue weighted by atomic mass is 32.2. The second kappa shape index (κ2) is 19.6. The fraction of sp³-hybridized carbons (Fsp3) is 0.914. The summed E-state index contributed by atoms with van der Waals surface area (Å²) in [6.45, 7) is 7.70. The summed E-state index contributed by atoms with van der Waals surface area (Å²) >= 11 is 0. The minimum absolute atomic E-state index is 0.0307. The first-order valence-corrected chi connectivity index (χ1v) is 20.2. The number of sulfonamides is 1. The van der Waals surface area contributed by atoms with Gasteiger partial charge in [0.25, 0.3) is 0 Å². The lowest BCUT2D eigenvalue weighted by atomic mass is 9.79. The molecule has 3 aliphatic rings. The summed E-state index contributed by atoms with van der Waals surface area (Å²) in [5.74, 6) is -1.63. The molecule has 3 aliphatic carbocycles. The number of carbonyl (C=O) groups excluding carboxylic acids is 3. The summed E-state index contributed by atoms with van der Waals surface area (Å²) in [4.78, 5) is 42.7. The standard InChI is InChI=1S/C35H65N5O7S/c1-6-18-39(19-7-2)35(45)28-21-27(22-30(23-28)48(46,47)38(4)5)33(43)36-31(20-25-14-16-29(41)17-15-25)32(42)24-40(8-3)37-34(44)26-12-10-9-11-13-26/h25-32,41-42H,6-24H2,1-5H3,(H,36,43)(H,37,44). The Balaban J connectivity index is 1.80. The molecule has 12 nitrogen and oxygen atoms in total. The second-order valence-electron chi connectivity index (χ2n) is 14.8. The predicted molar refractivity (Wildman–Crippen MR) is 187 cm³/mol. The van der Waals surface area contributed by atoms with Crippen molar-refractivity contribution in [1.29, 1.82) is 0 Å². The lowest BCUT2D eigenvalue weighted by Crippen LogP contribution is -2.55. The first kappa shape index (κ1) is 40.6. The van der Waals surface area contributed by atoms with Crippen LogP contribution in [0, 0.1) is 23.7 Å². The van der Waals surface area contributed by atoms with Gasteiger partial charge in [0.1, 0.15) is 0 Å². The quantitative estimate of drug-likeness (QED) is 0.169. The summed E-state index contributed by atoms with van der Waals surface area (Å²) in [7, 11) is -0.769. The van der Waals surface area contributed by atoms with Crippen molar-refractivity contribution in [2.45, 2.75) is 141 Å². The minimum atomic E-state index is -3.73. The molecule has 3 rings (SSSR count). The van der Waals surface area contributed by atoms with E-state index in [4.69, 9.17) is 0 Å². The molecule has 4 N–H and O–H groups in total. The van der Waals surface area contributed by atoms with Gasteiger partial charge in [0.15, 0.2) is 0 Å². The van der Waals surface area contributed by atoms with Crippen molar-refractivity contribution in [3.63, 3.8) is 0 Å². The molecule has 0 spiro atoms. The van der Waals surface area contributed by atoms with Crippen molar-refractivity contribution in [2.75, 3.05) is 40.3 Å². The second-order valence-corrected chi connectivity index (χ2v) is 17.2. The van der Waals surface area contributed by atoms with Crippen LogP contribution in [-0.2, 0) is 24.4 Å². The molecular weight excluding hydrogens is 634 g/mol. The molecule has 13 heteroatoms. The summed E-state index contributed by atoms with van der Waals surface area (Å²) in [5, 5.41) is 25.7. The number of nitrogens with one attached hydrogen (secondary N) is 2. The molecule has 0 saturated heterocycles. The van der Waals surface area contributed by atoms with E-state index in [9.17, 15) is 33.0 Å². The van der Waals surface area contributed by atoms with Crippen molar-refractivity contribution < 1.29 is 33.0 Å². The van der Waals surface area contributed by atoms with Crippen molar-refractivity contribution in [2.24, 2.45) is 23.7 Å². The maximum absolute atomic E-state index is 14.1. The van der Waals surface area contributed by atoms with Crippen LogP contribution in [-0.4, -0.2) is 114 Å². The monoisotopic (exact) mass is 699 g/mol. The first-order chi connectivity index (χ1) is 22.8. The SMILES string of the molecule is CCCN(CCC)C(=O)C1CC(C(=O)NC(CC2CCC(O)CC2)C(O)CN(CC)NC(=O)C2CCCCC2)CC(S(=O)(=O)N(C)C)C1. The summed E-state index contributed by atoms with van der Waals surface area (Å²) in [6, 6.07) is -0.643. The maximum Gasteiger partial charge on any atom is 0.237 e. The molecule has 0 bridgehead atoms. The number of nitrogens with zero attached hydrogens (tertiary/aromatic N) is 3. The Morgan fingerprint density at radius 3 is 1.98 bits per heavy atom. The Morgan fingerprint density at radius 1 is 0.812 bits per heavy atom. The van der Waals surface area contributed by atoms with Crippen LogP contribution in [0.2, 0.25) is 0 Å². The Morgan fingerprint density at radius 2 is 1.42 bits per heavy atom. The summed E-state index contributed by atoms with van der Waals surface area (Å²) < 4.78 is 28.0. The van der Waals surface area contributed by atoms with Crippen LogP contribution in [0.5, 0.6) is 0 Å². The predicted octanol–water partition coefficient (Wildman–Crippen LogP) is 3.03. The summed E-state index contributed by atoms with van der Waals surface area (Å²) in [6.07, 6.45) is 9.13. The van der Waals surface area contributed by atoms with Crippen LogP contribution in [0.4, 0.5) is 0 Å². The number of rotatable bonds is 17. The third kappa shape index (κ3) is 11.6. The zero-order valence-corrected chi connectivity index (χ0v) is 31.1. The van der Waals surface area contributed by atoms with Gasteiger partial charge in [0, 0.05) is 58.0 Å². The molecule has 3 saturated carbocycles. The van der Waals surface area contributed by atoms with Crippen LogP contribution >= 0.6 is 0 Å². The van der Waals surface area contributed by atoms with Gasteiger partial charge < -0.3 is 20.4 Å². The van der Waals surface area contributed by atoms with Crippen molar-refractivity contribution in [1.82, 2.24) is 25.0 Å². The minimum Gasteiger partial charge on any atom is -0.393 e. The Hall–Kier alpha value is -1.80. The van der Waals surface area contributed by atoms with Gasteiger partial charge in [-0.2, -0.15) is 0 Å². The molecule has 0 aliphatic heterocycles. The van der Waals surface area contributed by atoms with E-state index in [-0.39, 0.29) is 61.5 Å². The van der Waals surface area contributed by atoms with Gasteiger partial charge >= 0.3 is 0 Å². The average Bonchev–Trinajstić information content (AvgIpc) is 3.08. The van der Waals surface area contributed by atoms with E-state index in [0.717, 1.165) is 57.8 Å². The van der Waals surface area contributed by atoms with Gasteiger partial charge in [-0.25, -0.2) is 17.7 Å². The van der Waals surface area contributed by atoms with Gasteiger partial charge in [-0.15, -0.1) is 0 Å². The van der Waals surface area contributed by atoms with Crippen LogP contribution < -0.4 is 10.7 Å². The number of hydrogen-bond acceptors (Lipinski definition) is 8. The maximum atomic E-state index is 14.1. The highest BCUT2D eigenvalue weighted by molar-refractivity contribution is 7.89. The zero-order valence-electron chi connectivity index (χ0n) is 30.2. The van der Waals surface area contributed by atoms with Crippen molar-refractivity contribution in [3.05, 3.63) is 0 Å². The molecular formula is C35H65N5O7S. The number of aliphatic hydroxyl groups is 2. The fourth-order valence-corrected chi connectivity index (χ4v) is 9.47. The van der Waals surface area contributed by atoms with E-state index >= 15 is 0 Å². The molecule has 0 heterocycles. The summed E-state index contributed by atoms with van der Waals surface area (Å²) in [5.41, 5.74) is 3.01. The van der Waals surface area contributed by atoms with E-state index in [1.807, 2.05) is 20.8 Å². The van der Waals surface area contributed by atoms with E-state index in [0.29, 0.717) is 38.9 Å². The third-order valence-electron chi connectivity index (χ3n) is 10.8. The smallest absolute Gasteiger partial charge is 0.237 e. The fourth-order valence-electron chi connectivity index (χ4n) is 7.93. The highest BCUT2D eigenvalue weighted by Crippen LogP contribution is 2.36. The lowest BCUT2D eigenvalue weighted by molar-refractivity contribution is -0.139. The lowest BCUT2D eigenvalue weighted by Gasteiger charge is -2.38. The number of hydrogen-bond donors (Lipinski definition) is 4. The van der Waals surface area contributed by atoms with Crippen LogP contribution in [0.3, 0.4) is 0 Å². The molecule has 278 valence electrons. The van der Waals surface area contributed by atoms with Gasteiger partial charge in [-0.1, -0.05) is 40.0 Å². The molecule has 0 aromatic rings. The molecule has 5 unspecified atom stereocenters. The zero-order chi connectivity index (χ0) is 35.4. The van der Waals surface area contributed by atoms with Gasteiger partial charge in [-0.3, -0.25) is 19.8 Å². The van der Waals surface area contributed by atoms with Crippen molar-refractivity contribution >= 4 is 27.7 Å². The number of likely N-dealkylation sites (N-methyl/N-ethyl adjacent to an activating group) is 1. The molecule has 3 fully saturated rings.